The first kappa shape index (κ1) is 16.2. The molecule has 1 amide bonds. The smallest absolute Gasteiger partial charge is 0.244 e. The zero-order valence-corrected chi connectivity index (χ0v) is 14.0. The van der Waals surface area contributed by atoms with Crippen LogP contribution in [0.5, 0.6) is 0 Å². The number of hydrazone groups is 1. The Morgan fingerprint density at radius 2 is 1.92 bits per heavy atom. The molecule has 124 valence electrons. The molecule has 1 aliphatic rings. The molecule has 2 aromatic rings. The molecule has 1 saturated heterocycles. The van der Waals surface area contributed by atoms with Crippen LogP contribution in [-0.2, 0) is 11.2 Å². The number of hydrogen-bond donors (Lipinski definition) is 1. The molecule has 4 nitrogen and oxygen atoms in total. The van der Waals surface area contributed by atoms with Crippen molar-refractivity contribution in [3.05, 3.63) is 65.2 Å². The van der Waals surface area contributed by atoms with Gasteiger partial charge in [0.15, 0.2) is 0 Å². The highest BCUT2D eigenvalue weighted by atomic mass is 16.2. The van der Waals surface area contributed by atoms with Crippen LogP contribution in [0.3, 0.4) is 0 Å². The van der Waals surface area contributed by atoms with Crippen molar-refractivity contribution in [1.82, 2.24) is 5.43 Å². The number of aryl methyl sites for hydroxylation is 1. The zero-order valence-electron chi connectivity index (χ0n) is 14.0. The lowest BCUT2D eigenvalue weighted by molar-refractivity contribution is -0.120. The van der Waals surface area contributed by atoms with Crippen molar-refractivity contribution in [2.24, 2.45) is 5.10 Å². The minimum absolute atomic E-state index is 0.108. The fraction of sp³-hybridized carbons (Fsp3) is 0.300. The van der Waals surface area contributed by atoms with Gasteiger partial charge in [0.25, 0.3) is 0 Å². The van der Waals surface area contributed by atoms with E-state index in [2.05, 4.69) is 40.5 Å². The normalized spacial score (nSPS) is 14.3. The van der Waals surface area contributed by atoms with E-state index in [0.29, 0.717) is 6.42 Å². The molecule has 1 N–H and O–H groups in total. The summed E-state index contributed by atoms with van der Waals surface area (Å²) in [6.07, 6.45) is 4.60. The summed E-state index contributed by atoms with van der Waals surface area (Å²) in [5, 5.41) is 4.09. The first-order chi connectivity index (χ1) is 11.7. The highest BCUT2D eigenvalue weighted by Gasteiger charge is 2.12. The van der Waals surface area contributed by atoms with Crippen LogP contribution in [-0.4, -0.2) is 25.2 Å². The zero-order chi connectivity index (χ0) is 16.8. The average molecular weight is 321 g/mol. The van der Waals surface area contributed by atoms with E-state index in [1.165, 1.54) is 24.1 Å². The van der Waals surface area contributed by atoms with Crippen LogP contribution in [0.1, 0.15) is 29.5 Å². The molecule has 0 aromatic heterocycles. The van der Waals surface area contributed by atoms with E-state index in [4.69, 9.17) is 0 Å². The van der Waals surface area contributed by atoms with Gasteiger partial charge in [0.2, 0.25) is 5.91 Å². The third-order valence-electron chi connectivity index (χ3n) is 4.32. The van der Waals surface area contributed by atoms with Crippen LogP contribution in [0.25, 0.3) is 0 Å². The molecule has 0 radical (unpaired) electrons. The third-order valence-corrected chi connectivity index (χ3v) is 4.32. The molecule has 1 heterocycles. The van der Waals surface area contributed by atoms with E-state index in [-0.39, 0.29) is 5.91 Å². The van der Waals surface area contributed by atoms with Gasteiger partial charge in [0, 0.05) is 18.8 Å². The van der Waals surface area contributed by atoms with E-state index < -0.39 is 0 Å². The van der Waals surface area contributed by atoms with E-state index >= 15 is 0 Å². The number of carbonyl (C=O) groups excluding carboxylic acids is 1. The summed E-state index contributed by atoms with van der Waals surface area (Å²) in [7, 11) is 0. The second kappa shape index (κ2) is 7.77. The maximum atomic E-state index is 11.9. The molecule has 0 atom stereocenters. The molecule has 0 saturated carbocycles. The monoisotopic (exact) mass is 321 g/mol. The Kier molecular flexibility index (Phi) is 5.26. The largest absolute Gasteiger partial charge is 0.372 e. The van der Waals surface area contributed by atoms with Crippen LogP contribution in [0.2, 0.25) is 0 Å². The molecular weight excluding hydrogens is 298 g/mol. The van der Waals surface area contributed by atoms with E-state index in [0.717, 1.165) is 24.2 Å². The standard InChI is InChI=1S/C20H23N3O/c1-16-13-19(23-11-5-6-12-23)10-9-18(16)15-21-22-20(24)14-17-7-3-2-4-8-17/h2-4,7-10,13,15H,5-6,11-12,14H2,1H3,(H,22,24)/b21-15+. The predicted octanol–water partition coefficient (Wildman–Crippen LogP) is 3.29. The predicted molar refractivity (Wildman–Crippen MR) is 98.5 cm³/mol. The van der Waals surface area contributed by atoms with Crippen molar-refractivity contribution < 1.29 is 4.79 Å². The highest BCUT2D eigenvalue weighted by molar-refractivity contribution is 5.85. The maximum absolute atomic E-state index is 11.9. The summed E-state index contributed by atoms with van der Waals surface area (Å²) in [6.45, 7) is 4.36. The summed E-state index contributed by atoms with van der Waals surface area (Å²) in [6, 6.07) is 16.1. The summed E-state index contributed by atoms with van der Waals surface area (Å²) in [5.41, 5.74) is 7.05. The Bertz CT molecular complexity index is 719. The number of benzene rings is 2. The van der Waals surface area contributed by atoms with Gasteiger partial charge in [-0.1, -0.05) is 36.4 Å². The quantitative estimate of drug-likeness (QED) is 0.678. The van der Waals surface area contributed by atoms with Crippen molar-refractivity contribution in [3.8, 4) is 0 Å². The molecule has 1 fully saturated rings. The first-order valence-corrected chi connectivity index (χ1v) is 8.44. The molecular formula is C20H23N3O. The van der Waals surface area contributed by atoms with Gasteiger partial charge < -0.3 is 4.90 Å². The number of nitrogens with zero attached hydrogens (tertiary/aromatic N) is 2. The molecule has 0 aliphatic carbocycles. The SMILES string of the molecule is Cc1cc(N2CCCC2)ccc1/C=N/NC(=O)Cc1ccccc1. The fourth-order valence-electron chi connectivity index (χ4n) is 2.97. The Hall–Kier alpha value is -2.62. The molecule has 0 unspecified atom stereocenters. The molecule has 2 aromatic carbocycles. The summed E-state index contributed by atoms with van der Waals surface area (Å²) in [5.74, 6) is -0.108. The number of anilines is 1. The van der Waals surface area contributed by atoms with Crippen molar-refractivity contribution in [2.75, 3.05) is 18.0 Å². The first-order valence-electron chi connectivity index (χ1n) is 8.44. The van der Waals surface area contributed by atoms with Gasteiger partial charge >= 0.3 is 0 Å². The van der Waals surface area contributed by atoms with E-state index in [1.807, 2.05) is 30.3 Å². The number of nitrogens with one attached hydrogen (secondary N) is 1. The van der Waals surface area contributed by atoms with Gasteiger partial charge in [0.05, 0.1) is 12.6 Å². The lowest BCUT2D eigenvalue weighted by Gasteiger charge is -2.18. The topological polar surface area (TPSA) is 44.7 Å². The molecule has 0 spiro atoms. The number of carbonyl (C=O) groups is 1. The number of hydrogen-bond acceptors (Lipinski definition) is 3. The number of rotatable bonds is 5. The third kappa shape index (κ3) is 4.22. The van der Waals surface area contributed by atoms with Crippen LogP contribution >= 0.6 is 0 Å². The second-order valence-electron chi connectivity index (χ2n) is 6.19. The summed E-state index contributed by atoms with van der Waals surface area (Å²) < 4.78 is 0. The minimum Gasteiger partial charge on any atom is -0.372 e. The van der Waals surface area contributed by atoms with Crippen LogP contribution in [0.4, 0.5) is 5.69 Å². The molecule has 1 aliphatic heterocycles. The van der Waals surface area contributed by atoms with E-state index in [9.17, 15) is 4.79 Å². The average Bonchev–Trinajstić information content (AvgIpc) is 3.12. The van der Waals surface area contributed by atoms with Gasteiger partial charge in [-0.15, -0.1) is 0 Å². The number of amides is 1. The Morgan fingerprint density at radius 3 is 2.62 bits per heavy atom. The lowest BCUT2D eigenvalue weighted by Crippen LogP contribution is -2.20. The van der Waals surface area contributed by atoms with Crippen molar-refractivity contribution in [3.63, 3.8) is 0 Å². The molecule has 0 bridgehead atoms. The minimum atomic E-state index is -0.108. The maximum Gasteiger partial charge on any atom is 0.244 e. The molecule has 24 heavy (non-hydrogen) atoms. The highest BCUT2D eigenvalue weighted by Crippen LogP contribution is 2.22. The second-order valence-corrected chi connectivity index (χ2v) is 6.19. The van der Waals surface area contributed by atoms with Crippen molar-refractivity contribution >= 4 is 17.8 Å². The van der Waals surface area contributed by atoms with Gasteiger partial charge in [-0.3, -0.25) is 4.79 Å². The Morgan fingerprint density at radius 1 is 1.17 bits per heavy atom. The lowest BCUT2D eigenvalue weighted by atomic mass is 10.1. The van der Waals surface area contributed by atoms with Crippen LogP contribution < -0.4 is 10.3 Å². The summed E-state index contributed by atoms with van der Waals surface area (Å²) in [4.78, 5) is 14.3. The van der Waals surface area contributed by atoms with Crippen molar-refractivity contribution in [2.45, 2.75) is 26.2 Å². The summed E-state index contributed by atoms with van der Waals surface area (Å²) >= 11 is 0. The van der Waals surface area contributed by atoms with Gasteiger partial charge in [-0.05, 0) is 48.6 Å². The molecule has 4 heteroatoms. The molecule has 3 rings (SSSR count). The fourth-order valence-corrected chi connectivity index (χ4v) is 2.97. The van der Waals surface area contributed by atoms with Gasteiger partial charge in [-0.2, -0.15) is 5.10 Å². The van der Waals surface area contributed by atoms with Crippen LogP contribution in [0, 0.1) is 6.92 Å². The van der Waals surface area contributed by atoms with Crippen molar-refractivity contribution in [1.29, 1.82) is 0 Å². The van der Waals surface area contributed by atoms with Crippen LogP contribution in [0.15, 0.2) is 53.6 Å². The Balaban J connectivity index is 1.57. The van der Waals surface area contributed by atoms with Gasteiger partial charge in [-0.25, -0.2) is 5.43 Å². The Labute approximate surface area is 143 Å². The van der Waals surface area contributed by atoms with E-state index in [1.54, 1.807) is 6.21 Å². The van der Waals surface area contributed by atoms with Gasteiger partial charge in [0.1, 0.15) is 0 Å².